The van der Waals surface area contributed by atoms with Gasteiger partial charge in [0.05, 0.1) is 4.90 Å². The van der Waals surface area contributed by atoms with E-state index in [1.807, 2.05) is 19.1 Å². The fourth-order valence-electron chi connectivity index (χ4n) is 3.68. The van der Waals surface area contributed by atoms with E-state index in [0.29, 0.717) is 23.3 Å². The van der Waals surface area contributed by atoms with Crippen LogP contribution >= 0.6 is 0 Å². The van der Waals surface area contributed by atoms with E-state index in [1.54, 1.807) is 16.4 Å². The summed E-state index contributed by atoms with van der Waals surface area (Å²) in [7, 11) is -3.36. The minimum absolute atomic E-state index is 0.139. The van der Waals surface area contributed by atoms with Crippen LogP contribution < -0.4 is 5.32 Å². The summed E-state index contributed by atoms with van der Waals surface area (Å²) in [6.07, 6.45) is 0.883. The van der Waals surface area contributed by atoms with Gasteiger partial charge in [-0.3, -0.25) is 0 Å². The zero-order valence-electron chi connectivity index (χ0n) is 12.0. The first-order valence-corrected chi connectivity index (χ1v) is 8.77. The Hall–Kier alpha value is -0.910. The summed E-state index contributed by atoms with van der Waals surface area (Å²) in [4.78, 5) is 0.434. The third-order valence-corrected chi connectivity index (χ3v) is 6.57. The van der Waals surface area contributed by atoms with E-state index in [1.165, 1.54) is 0 Å². The van der Waals surface area contributed by atoms with Crippen molar-refractivity contribution < 1.29 is 8.42 Å². The van der Waals surface area contributed by atoms with Crippen molar-refractivity contribution in [2.75, 3.05) is 19.6 Å². The number of hydrogen-bond acceptors (Lipinski definition) is 3. The maximum atomic E-state index is 12.9. The Bertz CT molecular complexity index is 600. The van der Waals surface area contributed by atoms with Gasteiger partial charge in [-0.1, -0.05) is 19.1 Å². The lowest BCUT2D eigenvalue weighted by Gasteiger charge is -2.26. The lowest BCUT2D eigenvalue weighted by atomic mass is 9.93. The van der Waals surface area contributed by atoms with Crippen LogP contribution in [0.1, 0.15) is 18.9 Å². The van der Waals surface area contributed by atoms with Crippen molar-refractivity contribution in [3.8, 4) is 0 Å². The molecule has 0 spiro atoms. The number of nitrogens with zero attached hydrogens (tertiary/aromatic N) is 1. The van der Waals surface area contributed by atoms with Gasteiger partial charge < -0.3 is 5.32 Å². The Morgan fingerprint density at radius 2 is 2.15 bits per heavy atom. The highest BCUT2D eigenvalue weighted by Gasteiger charge is 2.48. The Morgan fingerprint density at radius 3 is 2.85 bits per heavy atom. The predicted molar refractivity (Wildman–Crippen MR) is 79.0 cm³/mol. The highest BCUT2D eigenvalue weighted by atomic mass is 32.2. The summed E-state index contributed by atoms with van der Waals surface area (Å²) in [5, 5.41) is 3.39. The maximum Gasteiger partial charge on any atom is 0.243 e. The molecule has 3 rings (SSSR count). The molecule has 4 nitrogen and oxygen atoms in total. The molecule has 3 atom stereocenters. The Morgan fingerprint density at radius 1 is 1.35 bits per heavy atom. The number of benzene rings is 1. The van der Waals surface area contributed by atoms with Crippen LogP contribution in [-0.2, 0) is 10.0 Å². The first-order valence-electron chi connectivity index (χ1n) is 7.33. The molecule has 2 saturated heterocycles. The molecule has 1 aromatic carbocycles. The average molecular weight is 294 g/mol. The van der Waals surface area contributed by atoms with Crippen molar-refractivity contribution in [1.82, 2.24) is 9.62 Å². The Labute approximate surface area is 121 Å². The second-order valence-corrected chi connectivity index (χ2v) is 7.84. The van der Waals surface area contributed by atoms with Crippen molar-refractivity contribution in [1.29, 1.82) is 0 Å². The molecule has 2 heterocycles. The largest absolute Gasteiger partial charge is 0.316 e. The van der Waals surface area contributed by atoms with Crippen molar-refractivity contribution >= 4 is 10.0 Å². The summed E-state index contributed by atoms with van der Waals surface area (Å²) >= 11 is 0. The quantitative estimate of drug-likeness (QED) is 0.921. The molecule has 1 aromatic rings. The molecular weight excluding hydrogens is 272 g/mol. The monoisotopic (exact) mass is 294 g/mol. The van der Waals surface area contributed by atoms with Crippen LogP contribution in [0.3, 0.4) is 0 Å². The number of sulfonamides is 1. The van der Waals surface area contributed by atoms with Crippen LogP contribution in [0.4, 0.5) is 0 Å². The van der Waals surface area contributed by atoms with Gasteiger partial charge in [0.2, 0.25) is 10.0 Å². The molecule has 0 saturated carbocycles. The van der Waals surface area contributed by atoms with Gasteiger partial charge in [-0.05, 0) is 56.0 Å². The zero-order valence-corrected chi connectivity index (χ0v) is 12.9. The van der Waals surface area contributed by atoms with Crippen LogP contribution in [0.25, 0.3) is 0 Å². The van der Waals surface area contributed by atoms with Crippen molar-refractivity contribution in [3.05, 3.63) is 29.8 Å². The first-order chi connectivity index (χ1) is 9.54. The summed E-state index contributed by atoms with van der Waals surface area (Å²) in [5.74, 6) is 0.944. The van der Waals surface area contributed by atoms with Crippen LogP contribution in [-0.4, -0.2) is 38.4 Å². The number of aryl methyl sites for hydroxylation is 1. The smallest absolute Gasteiger partial charge is 0.243 e. The van der Waals surface area contributed by atoms with E-state index in [2.05, 4.69) is 12.2 Å². The molecule has 20 heavy (non-hydrogen) atoms. The van der Waals surface area contributed by atoms with Gasteiger partial charge in [0, 0.05) is 12.6 Å². The van der Waals surface area contributed by atoms with E-state index < -0.39 is 10.0 Å². The highest BCUT2D eigenvalue weighted by Crippen LogP contribution is 2.37. The van der Waals surface area contributed by atoms with Crippen molar-refractivity contribution in [2.45, 2.75) is 31.2 Å². The summed E-state index contributed by atoms with van der Waals surface area (Å²) in [6.45, 7) is 6.57. The first kappa shape index (κ1) is 14.0. The fourth-order valence-corrected chi connectivity index (χ4v) is 5.58. The number of fused-ring (bicyclic) bond motifs is 1. The number of hydrogen-bond donors (Lipinski definition) is 1. The molecule has 110 valence electrons. The normalized spacial score (nSPS) is 30.6. The zero-order chi connectivity index (χ0) is 14.3. The molecular formula is C15H22N2O2S. The molecule has 5 heteroatoms. The van der Waals surface area contributed by atoms with Crippen molar-refractivity contribution in [2.24, 2.45) is 11.8 Å². The standard InChI is InChI=1S/C15H22N2O2S/c1-3-15-14-9-16-8-12(14)10-17(15)20(18,19)13-6-4-5-11(2)7-13/h4-7,12,14-16H,3,8-10H2,1-2H3. The van der Waals surface area contributed by atoms with Crippen LogP contribution in [0.5, 0.6) is 0 Å². The summed E-state index contributed by atoms with van der Waals surface area (Å²) in [5.41, 5.74) is 0.986. The molecule has 3 unspecified atom stereocenters. The van der Waals surface area contributed by atoms with E-state index in [0.717, 1.165) is 25.1 Å². The molecule has 2 fully saturated rings. The molecule has 0 radical (unpaired) electrons. The molecule has 0 bridgehead atoms. The minimum atomic E-state index is -3.36. The third kappa shape index (κ3) is 2.18. The predicted octanol–water partition coefficient (Wildman–Crippen LogP) is 1.61. The summed E-state index contributed by atoms with van der Waals surface area (Å²) < 4.78 is 27.5. The second-order valence-electron chi connectivity index (χ2n) is 5.95. The molecule has 0 aromatic heterocycles. The molecule has 1 N–H and O–H groups in total. The second kappa shape index (κ2) is 5.13. The number of nitrogens with one attached hydrogen (secondary N) is 1. The van der Waals surface area contributed by atoms with E-state index >= 15 is 0 Å². The maximum absolute atomic E-state index is 12.9. The van der Waals surface area contributed by atoms with Gasteiger partial charge in [0.15, 0.2) is 0 Å². The van der Waals surface area contributed by atoms with E-state index in [-0.39, 0.29) is 6.04 Å². The Balaban J connectivity index is 1.95. The summed E-state index contributed by atoms with van der Waals surface area (Å²) in [6, 6.07) is 7.37. The van der Waals surface area contributed by atoms with Gasteiger partial charge in [0.1, 0.15) is 0 Å². The molecule has 0 amide bonds. The van der Waals surface area contributed by atoms with Crippen molar-refractivity contribution in [3.63, 3.8) is 0 Å². The lowest BCUT2D eigenvalue weighted by Crippen LogP contribution is -2.39. The van der Waals surface area contributed by atoms with E-state index in [4.69, 9.17) is 0 Å². The fraction of sp³-hybridized carbons (Fsp3) is 0.600. The highest BCUT2D eigenvalue weighted by molar-refractivity contribution is 7.89. The Kier molecular flexibility index (Phi) is 3.60. The van der Waals surface area contributed by atoms with E-state index in [9.17, 15) is 8.42 Å². The SMILES string of the molecule is CCC1C2CNCC2CN1S(=O)(=O)c1cccc(C)c1. The number of rotatable bonds is 3. The topological polar surface area (TPSA) is 49.4 Å². The van der Waals surface area contributed by atoms with Gasteiger partial charge in [-0.15, -0.1) is 0 Å². The third-order valence-electron chi connectivity index (χ3n) is 4.69. The van der Waals surface area contributed by atoms with Gasteiger partial charge in [0.25, 0.3) is 0 Å². The average Bonchev–Trinajstić information content (AvgIpc) is 2.98. The van der Waals surface area contributed by atoms with Gasteiger partial charge >= 0.3 is 0 Å². The van der Waals surface area contributed by atoms with Crippen LogP contribution in [0, 0.1) is 18.8 Å². The molecule has 2 aliphatic rings. The lowest BCUT2D eigenvalue weighted by molar-refractivity contribution is 0.329. The molecule has 2 aliphatic heterocycles. The van der Waals surface area contributed by atoms with Crippen LogP contribution in [0.2, 0.25) is 0 Å². The van der Waals surface area contributed by atoms with Crippen LogP contribution in [0.15, 0.2) is 29.2 Å². The molecule has 0 aliphatic carbocycles. The minimum Gasteiger partial charge on any atom is -0.316 e. The van der Waals surface area contributed by atoms with Gasteiger partial charge in [-0.25, -0.2) is 8.42 Å². The van der Waals surface area contributed by atoms with Gasteiger partial charge in [-0.2, -0.15) is 4.31 Å².